The quantitative estimate of drug-likeness (QED) is 0.168. The van der Waals surface area contributed by atoms with Gasteiger partial charge in [0.25, 0.3) is 0 Å². The molecule has 10 rings (SSSR count). The van der Waals surface area contributed by atoms with Crippen LogP contribution in [0.2, 0.25) is 0 Å². The first-order valence-corrected chi connectivity index (χ1v) is 17.6. The van der Waals surface area contributed by atoms with Gasteiger partial charge < -0.3 is 4.90 Å². The van der Waals surface area contributed by atoms with E-state index in [-0.39, 0.29) is 0 Å². The third kappa shape index (κ3) is 4.94. The summed E-state index contributed by atoms with van der Waals surface area (Å²) < 4.78 is 0. The van der Waals surface area contributed by atoms with E-state index in [2.05, 4.69) is 205 Å². The third-order valence-corrected chi connectivity index (χ3v) is 10.4. The van der Waals surface area contributed by atoms with Crippen LogP contribution in [-0.4, -0.2) is 0 Å². The summed E-state index contributed by atoms with van der Waals surface area (Å²) in [5.41, 5.74) is 8.26. The van der Waals surface area contributed by atoms with Crippen molar-refractivity contribution in [1.82, 2.24) is 0 Å². The summed E-state index contributed by atoms with van der Waals surface area (Å²) in [4.78, 5) is 2.41. The van der Waals surface area contributed by atoms with E-state index in [4.69, 9.17) is 0 Å². The average Bonchev–Trinajstić information content (AvgIpc) is 3.21. The van der Waals surface area contributed by atoms with Crippen LogP contribution in [0, 0.1) is 0 Å². The van der Waals surface area contributed by atoms with Crippen LogP contribution < -0.4 is 4.90 Å². The van der Waals surface area contributed by atoms with Crippen molar-refractivity contribution in [3.63, 3.8) is 0 Å². The standard InChI is InChI=1S/C50H33N/c1-6-21-43-34(13-1)16-12-26-50(43)51(39-29-27-35(28-30-39)48-32-37-14-2-4-19-41(37)44-22-7-9-24-46(44)48)40-18-11-17-36(31-40)49-33-38-15-3-5-20-42(38)45-23-8-10-25-47(45)49/h1-33H. The number of rotatable bonds is 5. The predicted molar refractivity (Wildman–Crippen MR) is 220 cm³/mol. The zero-order valence-corrected chi connectivity index (χ0v) is 28.0. The molecule has 10 aromatic rings. The van der Waals surface area contributed by atoms with Gasteiger partial charge in [0, 0.05) is 16.8 Å². The molecular formula is C50H33N. The van der Waals surface area contributed by atoms with Gasteiger partial charge in [-0.05, 0) is 113 Å². The molecule has 238 valence electrons. The number of benzene rings is 10. The summed E-state index contributed by atoms with van der Waals surface area (Å²) in [7, 11) is 0. The first-order valence-electron chi connectivity index (χ1n) is 17.6. The molecule has 0 aliphatic carbocycles. The number of anilines is 3. The van der Waals surface area contributed by atoms with Gasteiger partial charge in [-0.3, -0.25) is 0 Å². The van der Waals surface area contributed by atoms with Crippen LogP contribution in [0.15, 0.2) is 200 Å². The Balaban J connectivity index is 1.16. The maximum absolute atomic E-state index is 2.41. The van der Waals surface area contributed by atoms with Crippen LogP contribution in [0.4, 0.5) is 17.1 Å². The largest absolute Gasteiger partial charge is 0.310 e. The van der Waals surface area contributed by atoms with Crippen molar-refractivity contribution in [2.75, 3.05) is 4.90 Å². The summed E-state index contributed by atoms with van der Waals surface area (Å²) in [5, 5.41) is 12.6. The molecule has 0 amide bonds. The summed E-state index contributed by atoms with van der Waals surface area (Å²) in [6.45, 7) is 0. The number of fused-ring (bicyclic) bond motifs is 7. The van der Waals surface area contributed by atoms with E-state index in [1.165, 1.54) is 76.1 Å². The molecular weight excluding hydrogens is 615 g/mol. The maximum atomic E-state index is 2.41. The highest BCUT2D eigenvalue weighted by molar-refractivity contribution is 6.15. The Kier molecular flexibility index (Phi) is 6.89. The van der Waals surface area contributed by atoms with Crippen molar-refractivity contribution in [1.29, 1.82) is 0 Å². The molecule has 1 nitrogen and oxygen atoms in total. The fraction of sp³-hybridized carbons (Fsp3) is 0. The second kappa shape index (κ2) is 12.0. The highest BCUT2D eigenvalue weighted by Gasteiger charge is 2.18. The molecule has 0 saturated heterocycles. The molecule has 0 aromatic heterocycles. The summed E-state index contributed by atoms with van der Waals surface area (Å²) in [6, 6.07) is 73.1. The minimum Gasteiger partial charge on any atom is -0.310 e. The Labute approximate surface area is 297 Å². The zero-order valence-electron chi connectivity index (χ0n) is 28.0. The second-order valence-corrected chi connectivity index (χ2v) is 13.3. The molecule has 10 aromatic carbocycles. The number of nitrogens with zero attached hydrogens (tertiary/aromatic N) is 1. The topological polar surface area (TPSA) is 3.24 Å². The summed E-state index contributed by atoms with van der Waals surface area (Å²) in [6.07, 6.45) is 0. The molecule has 0 N–H and O–H groups in total. The van der Waals surface area contributed by atoms with E-state index < -0.39 is 0 Å². The molecule has 0 bridgehead atoms. The smallest absolute Gasteiger partial charge is 0.0540 e. The van der Waals surface area contributed by atoms with Gasteiger partial charge in [-0.15, -0.1) is 0 Å². The molecule has 0 radical (unpaired) electrons. The Morgan fingerprint density at radius 3 is 1.35 bits per heavy atom. The van der Waals surface area contributed by atoms with Gasteiger partial charge in [0.15, 0.2) is 0 Å². The Bertz CT molecular complexity index is 2910. The van der Waals surface area contributed by atoms with Gasteiger partial charge in [-0.2, -0.15) is 0 Å². The van der Waals surface area contributed by atoms with Gasteiger partial charge in [0.05, 0.1) is 5.69 Å². The zero-order chi connectivity index (χ0) is 33.7. The lowest BCUT2D eigenvalue weighted by molar-refractivity contribution is 1.30. The van der Waals surface area contributed by atoms with Gasteiger partial charge in [-0.25, -0.2) is 0 Å². The van der Waals surface area contributed by atoms with Gasteiger partial charge >= 0.3 is 0 Å². The van der Waals surface area contributed by atoms with Gasteiger partial charge in [0.1, 0.15) is 0 Å². The fourth-order valence-corrected chi connectivity index (χ4v) is 8.02. The maximum Gasteiger partial charge on any atom is 0.0540 e. The fourth-order valence-electron chi connectivity index (χ4n) is 8.02. The lowest BCUT2D eigenvalue weighted by Crippen LogP contribution is -2.10. The van der Waals surface area contributed by atoms with E-state index in [0.717, 1.165) is 17.1 Å². The monoisotopic (exact) mass is 647 g/mol. The van der Waals surface area contributed by atoms with Crippen molar-refractivity contribution >= 4 is 70.9 Å². The van der Waals surface area contributed by atoms with E-state index in [9.17, 15) is 0 Å². The Morgan fingerprint density at radius 1 is 0.255 bits per heavy atom. The Hall–Kier alpha value is -6.70. The predicted octanol–water partition coefficient (Wildman–Crippen LogP) is 14.3. The van der Waals surface area contributed by atoms with E-state index >= 15 is 0 Å². The van der Waals surface area contributed by atoms with Crippen molar-refractivity contribution < 1.29 is 0 Å². The molecule has 0 saturated carbocycles. The van der Waals surface area contributed by atoms with Gasteiger partial charge in [0.2, 0.25) is 0 Å². The van der Waals surface area contributed by atoms with Crippen molar-refractivity contribution in [3.05, 3.63) is 200 Å². The van der Waals surface area contributed by atoms with E-state index in [0.29, 0.717) is 0 Å². The second-order valence-electron chi connectivity index (χ2n) is 13.3. The molecule has 51 heavy (non-hydrogen) atoms. The summed E-state index contributed by atoms with van der Waals surface area (Å²) >= 11 is 0. The molecule has 0 atom stereocenters. The lowest BCUT2D eigenvalue weighted by Gasteiger charge is -2.27. The first-order chi connectivity index (χ1) is 25.3. The minimum absolute atomic E-state index is 1.11. The highest BCUT2D eigenvalue weighted by atomic mass is 15.1. The van der Waals surface area contributed by atoms with Crippen LogP contribution in [0.5, 0.6) is 0 Å². The van der Waals surface area contributed by atoms with E-state index in [1.54, 1.807) is 0 Å². The van der Waals surface area contributed by atoms with Crippen LogP contribution in [0.3, 0.4) is 0 Å². The molecule has 0 unspecified atom stereocenters. The van der Waals surface area contributed by atoms with Crippen LogP contribution in [-0.2, 0) is 0 Å². The molecule has 0 spiro atoms. The molecule has 0 fully saturated rings. The number of hydrogen-bond acceptors (Lipinski definition) is 1. The Morgan fingerprint density at radius 2 is 0.725 bits per heavy atom. The third-order valence-electron chi connectivity index (χ3n) is 10.4. The molecule has 0 heterocycles. The van der Waals surface area contributed by atoms with Crippen molar-refractivity contribution in [2.24, 2.45) is 0 Å². The normalized spacial score (nSPS) is 11.5. The number of hydrogen-bond donors (Lipinski definition) is 0. The average molecular weight is 648 g/mol. The van der Waals surface area contributed by atoms with Crippen LogP contribution in [0.25, 0.3) is 76.1 Å². The molecule has 0 aliphatic rings. The van der Waals surface area contributed by atoms with E-state index in [1.807, 2.05) is 0 Å². The highest BCUT2D eigenvalue weighted by Crippen LogP contribution is 2.43. The minimum atomic E-state index is 1.11. The lowest BCUT2D eigenvalue weighted by atomic mass is 9.92. The molecule has 1 heteroatoms. The van der Waals surface area contributed by atoms with Crippen LogP contribution in [0.1, 0.15) is 0 Å². The summed E-state index contributed by atoms with van der Waals surface area (Å²) in [5.74, 6) is 0. The SMILES string of the molecule is c1cc(-c2cc3ccccc3c3ccccc23)cc(N(c2ccc(-c3cc4ccccc4c4ccccc34)cc2)c2cccc3ccccc23)c1. The van der Waals surface area contributed by atoms with Crippen molar-refractivity contribution in [3.8, 4) is 22.3 Å². The van der Waals surface area contributed by atoms with Gasteiger partial charge in [-0.1, -0.05) is 158 Å². The first kappa shape index (κ1) is 29.2. The van der Waals surface area contributed by atoms with Crippen molar-refractivity contribution in [2.45, 2.75) is 0 Å². The van der Waals surface area contributed by atoms with Crippen LogP contribution >= 0.6 is 0 Å². The molecule has 0 aliphatic heterocycles.